The van der Waals surface area contributed by atoms with Crippen molar-refractivity contribution in [3.05, 3.63) is 39.6 Å². The molecule has 1 N–H and O–H groups in total. The molecule has 0 radical (unpaired) electrons. The van der Waals surface area contributed by atoms with E-state index in [1.165, 1.54) is 18.4 Å². The van der Waals surface area contributed by atoms with E-state index in [0.717, 1.165) is 28.3 Å². The Morgan fingerprint density at radius 3 is 2.95 bits per heavy atom. The highest BCUT2D eigenvalue weighted by molar-refractivity contribution is 8.05. The molecule has 1 unspecified atom stereocenters. The second kappa shape index (κ2) is 7.14. The van der Waals surface area contributed by atoms with Crippen molar-refractivity contribution in [3.63, 3.8) is 0 Å². The number of allylic oxidation sites excluding steroid dienone is 2. The maximum Gasteiger partial charge on any atom is 0.180 e. The summed E-state index contributed by atoms with van der Waals surface area (Å²) in [5.41, 5.74) is 2.21. The van der Waals surface area contributed by atoms with Crippen LogP contribution in [0.1, 0.15) is 36.6 Å². The molecular formula is C16H21NOS2. The average molecular weight is 307 g/mol. The number of hydrogen-bond donors (Lipinski definition) is 1. The molecule has 0 aromatic carbocycles. The van der Waals surface area contributed by atoms with E-state index < -0.39 is 0 Å². The Morgan fingerprint density at radius 1 is 1.50 bits per heavy atom. The predicted octanol–water partition coefficient (Wildman–Crippen LogP) is 4.24. The fourth-order valence-electron chi connectivity index (χ4n) is 2.35. The minimum atomic E-state index is -0.00826. The number of ketones is 1. The first kappa shape index (κ1) is 15.4. The second-order valence-corrected chi connectivity index (χ2v) is 6.96. The number of carbonyl (C=O) groups is 1. The van der Waals surface area contributed by atoms with Gasteiger partial charge in [-0.2, -0.15) is 0 Å². The second-order valence-electron chi connectivity index (χ2n) is 4.83. The summed E-state index contributed by atoms with van der Waals surface area (Å²) < 4.78 is 0. The number of aryl methyl sites for hydroxylation is 1. The van der Waals surface area contributed by atoms with Crippen molar-refractivity contribution in [1.29, 1.82) is 0 Å². The Hall–Kier alpha value is -1.00. The van der Waals surface area contributed by atoms with Gasteiger partial charge in [0.15, 0.2) is 5.78 Å². The fourth-order valence-corrected chi connectivity index (χ4v) is 4.61. The van der Waals surface area contributed by atoms with Gasteiger partial charge in [0.2, 0.25) is 0 Å². The molecule has 0 fully saturated rings. The van der Waals surface area contributed by atoms with Gasteiger partial charge in [-0.3, -0.25) is 4.79 Å². The van der Waals surface area contributed by atoms with E-state index in [9.17, 15) is 4.79 Å². The number of unbranched alkanes of at least 4 members (excludes halogenated alkanes) is 1. The van der Waals surface area contributed by atoms with Gasteiger partial charge in [0.1, 0.15) is 0 Å². The summed E-state index contributed by atoms with van der Waals surface area (Å²) in [4.78, 5) is 13.8. The SMILES string of the molecule is C=CCC1SC(NC)=C(c2sccc2CCCC)C1=O. The number of nitrogens with one attached hydrogen (secondary N) is 1. The number of Topliss-reactive ketones (excluding diaryl/α,β-unsaturated/α-hetero) is 1. The molecule has 1 atom stereocenters. The summed E-state index contributed by atoms with van der Waals surface area (Å²) in [5, 5.41) is 6.30. The molecule has 1 aliphatic rings. The van der Waals surface area contributed by atoms with Crippen LogP contribution < -0.4 is 5.32 Å². The van der Waals surface area contributed by atoms with E-state index in [4.69, 9.17) is 0 Å². The molecule has 2 rings (SSSR count). The van der Waals surface area contributed by atoms with Crippen LogP contribution in [0.2, 0.25) is 0 Å². The maximum atomic E-state index is 12.6. The van der Waals surface area contributed by atoms with Gasteiger partial charge < -0.3 is 5.32 Å². The molecule has 0 saturated carbocycles. The quantitative estimate of drug-likeness (QED) is 0.764. The number of thioether (sulfide) groups is 1. The third-order valence-corrected chi connectivity index (χ3v) is 5.72. The molecule has 1 aromatic heterocycles. The predicted molar refractivity (Wildman–Crippen MR) is 90.1 cm³/mol. The number of hydrogen-bond acceptors (Lipinski definition) is 4. The van der Waals surface area contributed by atoms with Crippen molar-refractivity contribution >= 4 is 34.5 Å². The van der Waals surface area contributed by atoms with Crippen LogP contribution in [-0.2, 0) is 11.2 Å². The molecule has 108 valence electrons. The zero-order chi connectivity index (χ0) is 14.5. The van der Waals surface area contributed by atoms with E-state index in [0.29, 0.717) is 0 Å². The number of thiophene rings is 1. The van der Waals surface area contributed by atoms with Crippen molar-refractivity contribution in [2.75, 3.05) is 7.05 Å². The van der Waals surface area contributed by atoms with E-state index in [2.05, 4.69) is 30.3 Å². The lowest BCUT2D eigenvalue weighted by atomic mass is 10.0. The molecule has 20 heavy (non-hydrogen) atoms. The minimum Gasteiger partial charge on any atom is -0.382 e. The van der Waals surface area contributed by atoms with Crippen molar-refractivity contribution in [1.82, 2.24) is 5.32 Å². The van der Waals surface area contributed by atoms with Crippen molar-refractivity contribution in [2.45, 2.75) is 37.9 Å². The fraction of sp³-hybridized carbons (Fsp3) is 0.438. The minimum absolute atomic E-state index is 0.00826. The van der Waals surface area contributed by atoms with Crippen LogP contribution in [0, 0.1) is 0 Å². The van der Waals surface area contributed by atoms with Gasteiger partial charge in [0, 0.05) is 11.9 Å². The van der Waals surface area contributed by atoms with Gasteiger partial charge in [-0.25, -0.2) is 0 Å². The van der Waals surface area contributed by atoms with Crippen LogP contribution in [-0.4, -0.2) is 18.1 Å². The summed E-state index contributed by atoms with van der Waals surface area (Å²) in [6.07, 6.45) is 5.96. The average Bonchev–Trinajstić information content (AvgIpc) is 3.02. The van der Waals surface area contributed by atoms with Gasteiger partial charge in [-0.1, -0.05) is 31.2 Å². The highest BCUT2D eigenvalue weighted by Gasteiger charge is 2.35. The van der Waals surface area contributed by atoms with Crippen molar-refractivity contribution < 1.29 is 4.79 Å². The Morgan fingerprint density at radius 2 is 2.30 bits per heavy atom. The van der Waals surface area contributed by atoms with Gasteiger partial charge in [0.25, 0.3) is 0 Å². The third kappa shape index (κ3) is 3.01. The molecule has 0 amide bonds. The van der Waals surface area contributed by atoms with E-state index in [1.54, 1.807) is 23.1 Å². The standard InChI is InChI=1S/C16H21NOS2/c1-4-6-8-11-9-10-19-15(11)13-14(18)12(7-5-2)20-16(13)17-3/h5,9-10,12,17H,2,4,6-8H2,1,3H3. The van der Waals surface area contributed by atoms with Crippen LogP contribution in [0.4, 0.5) is 0 Å². The van der Waals surface area contributed by atoms with E-state index >= 15 is 0 Å². The summed E-state index contributed by atoms with van der Waals surface area (Å²) in [5.74, 6) is 0.249. The van der Waals surface area contributed by atoms with Crippen molar-refractivity contribution in [2.24, 2.45) is 0 Å². The first-order valence-electron chi connectivity index (χ1n) is 7.03. The summed E-state index contributed by atoms with van der Waals surface area (Å²) >= 11 is 3.32. The molecule has 1 aromatic rings. The molecule has 1 aliphatic heterocycles. The first-order chi connectivity index (χ1) is 9.72. The van der Waals surface area contributed by atoms with Gasteiger partial charge in [0.05, 0.1) is 15.9 Å². The molecule has 0 saturated heterocycles. The molecule has 0 aliphatic carbocycles. The smallest absolute Gasteiger partial charge is 0.180 e. The Balaban J connectivity index is 2.32. The zero-order valence-corrected chi connectivity index (χ0v) is 13.7. The van der Waals surface area contributed by atoms with Crippen LogP contribution in [0.5, 0.6) is 0 Å². The normalized spacial score (nSPS) is 18.7. The number of rotatable bonds is 7. The van der Waals surface area contributed by atoms with Crippen LogP contribution in [0.25, 0.3) is 5.57 Å². The lowest BCUT2D eigenvalue weighted by Gasteiger charge is -2.06. The lowest BCUT2D eigenvalue weighted by molar-refractivity contribution is -0.113. The van der Waals surface area contributed by atoms with Gasteiger partial charge in [-0.15, -0.1) is 17.9 Å². The lowest BCUT2D eigenvalue weighted by Crippen LogP contribution is -2.12. The van der Waals surface area contributed by atoms with Gasteiger partial charge >= 0.3 is 0 Å². The molecule has 2 nitrogen and oxygen atoms in total. The monoisotopic (exact) mass is 307 g/mol. The first-order valence-corrected chi connectivity index (χ1v) is 8.79. The molecular weight excluding hydrogens is 286 g/mol. The van der Waals surface area contributed by atoms with Crippen LogP contribution in [0.3, 0.4) is 0 Å². The van der Waals surface area contributed by atoms with E-state index in [-0.39, 0.29) is 11.0 Å². The summed E-state index contributed by atoms with van der Waals surface area (Å²) in [6, 6.07) is 2.16. The Kier molecular flexibility index (Phi) is 5.49. The van der Waals surface area contributed by atoms with Crippen molar-refractivity contribution in [3.8, 4) is 0 Å². The highest BCUT2D eigenvalue weighted by Crippen LogP contribution is 2.42. The maximum absolute atomic E-state index is 12.6. The Bertz CT molecular complexity index is 530. The largest absolute Gasteiger partial charge is 0.382 e. The molecule has 4 heteroatoms. The highest BCUT2D eigenvalue weighted by atomic mass is 32.2. The van der Waals surface area contributed by atoms with Gasteiger partial charge in [-0.05, 0) is 36.3 Å². The summed E-state index contributed by atoms with van der Waals surface area (Å²) in [7, 11) is 1.89. The number of carbonyl (C=O) groups excluding carboxylic acids is 1. The van der Waals surface area contributed by atoms with Crippen LogP contribution in [0.15, 0.2) is 29.1 Å². The summed E-state index contributed by atoms with van der Waals surface area (Å²) in [6.45, 7) is 5.95. The molecule has 0 spiro atoms. The molecule has 2 heterocycles. The molecule has 0 bridgehead atoms. The van der Waals surface area contributed by atoms with E-state index in [1.807, 2.05) is 13.1 Å². The topological polar surface area (TPSA) is 29.1 Å². The Labute approximate surface area is 129 Å². The third-order valence-electron chi connectivity index (χ3n) is 3.41. The van der Waals surface area contributed by atoms with Crippen LogP contribution >= 0.6 is 23.1 Å². The zero-order valence-electron chi connectivity index (χ0n) is 12.1.